The molecule has 33 heavy (non-hydrogen) atoms. The van der Waals surface area contributed by atoms with E-state index in [1.807, 2.05) is 6.08 Å². The standard InChI is InChI=1S/C30H34N2O/c1-2-3-21-30(22-13-14-23-33,26-19-11-6-12-20-26)29-31-27(24-15-7-4-8-16-24)28(32-29)25-17-9-5-10-18-25/h2,4-12,15-20,27-28,33H,1,3,13-14,21-23H2,(H,31,32)/t27-,28-,30-/m1/s1. The number of nitrogens with zero attached hydrogens (tertiary/aromatic N) is 1. The Kier molecular flexibility index (Phi) is 7.74. The summed E-state index contributed by atoms with van der Waals surface area (Å²) in [4.78, 5) is 5.41. The summed E-state index contributed by atoms with van der Waals surface area (Å²) in [5, 5.41) is 13.4. The number of benzene rings is 3. The van der Waals surface area contributed by atoms with Crippen molar-refractivity contribution in [1.29, 1.82) is 0 Å². The maximum absolute atomic E-state index is 9.49. The average Bonchev–Trinajstić information content (AvgIpc) is 3.34. The molecule has 4 rings (SSSR count). The molecular formula is C30H34N2O. The number of aliphatic imine (C=N–C) groups is 1. The van der Waals surface area contributed by atoms with Crippen molar-refractivity contribution in [3.63, 3.8) is 0 Å². The number of unbranched alkanes of at least 4 members (excludes halogenated alkanes) is 1. The van der Waals surface area contributed by atoms with Gasteiger partial charge in [-0.25, -0.2) is 0 Å². The zero-order chi connectivity index (χ0) is 22.9. The SMILES string of the molecule is C=CCC[C@](CCCCO)(C1=N[C@H](c2ccccc2)[C@@H](c2ccccc2)N1)c1ccccc1. The number of aliphatic hydroxyl groups excluding tert-OH is 1. The lowest BCUT2D eigenvalue weighted by Crippen LogP contribution is -2.43. The molecule has 1 heterocycles. The van der Waals surface area contributed by atoms with Crippen molar-refractivity contribution in [1.82, 2.24) is 5.32 Å². The molecule has 0 radical (unpaired) electrons. The molecule has 0 unspecified atom stereocenters. The first-order valence-electron chi connectivity index (χ1n) is 12.0. The number of rotatable bonds is 11. The summed E-state index contributed by atoms with van der Waals surface area (Å²) >= 11 is 0. The van der Waals surface area contributed by atoms with Gasteiger partial charge in [-0.05, 0) is 48.8 Å². The molecule has 0 spiro atoms. The Morgan fingerprint density at radius 3 is 2.03 bits per heavy atom. The highest BCUT2D eigenvalue weighted by Crippen LogP contribution is 2.44. The second-order valence-corrected chi connectivity index (χ2v) is 8.82. The van der Waals surface area contributed by atoms with E-state index in [-0.39, 0.29) is 24.1 Å². The number of nitrogens with one attached hydrogen (secondary N) is 1. The van der Waals surface area contributed by atoms with Gasteiger partial charge in [0.2, 0.25) is 0 Å². The lowest BCUT2D eigenvalue weighted by Gasteiger charge is -2.35. The number of allylic oxidation sites excluding steroid dienone is 1. The number of aliphatic hydroxyl groups is 1. The Morgan fingerprint density at radius 1 is 0.818 bits per heavy atom. The molecule has 0 saturated heterocycles. The fourth-order valence-corrected chi connectivity index (χ4v) is 5.01. The van der Waals surface area contributed by atoms with Gasteiger partial charge in [0.15, 0.2) is 0 Å². The summed E-state index contributed by atoms with van der Waals surface area (Å²) in [5.41, 5.74) is 3.49. The molecule has 3 heteroatoms. The van der Waals surface area contributed by atoms with E-state index >= 15 is 0 Å². The third-order valence-corrected chi connectivity index (χ3v) is 6.74. The highest BCUT2D eigenvalue weighted by Gasteiger charge is 2.43. The summed E-state index contributed by atoms with van der Waals surface area (Å²) in [6.45, 7) is 4.22. The third-order valence-electron chi connectivity index (χ3n) is 6.74. The Labute approximate surface area is 197 Å². The van der Waals surface area contributed by atoms with E-state index in [2.05, 4.69) is 103 Å². The highest BCUT2D eigenvalue weighted by molar-refractivity contribution is 5.95. The smallest absolute Gasteiger partial charge is 0.108 e. The monoisotopic (exact) mass is 438 g/mol. The van der Waals surface area contributed by atoms with Crippen LogP contribution in [0.3, 0.4) is 0 Å². The van der Waals surface area contributed by atoms with Gasteiger partial charge in [-0.15, -0.1) is 6.58 Å². The van der Waals surface area contributed by atoms with Gasteiger partial charge in [0, 0.05) is 6.61 Å². The summed E-state index contributed by atoms with van der Waals surface area (Å²) in [6.07, 6.45) is 6.50. The van der Waals surface area contributed by atoms with E-state index in [1.165, 1.54) is 16.7 Å². The molecule has 0 bridgehead atoms. The van der Waals surface area contributed by atoms with Crippen LogP contribution in [0.4, 0.5) is 0 Å². The third kappa shape index (κ3) is 5.09. The Morgan fingerprint density at radius 2 is 1.42 bits per heavy atom. The maximum Gasteiger partial charge on any atom is 0.108 e. The minimum absolute atomic E-state index is 0.00765. The van der Waals surface area contributed by atoms with Gasteiger partial charge in [0.05, 0.1) is 11.5 Å². The number of hydrogen-bond donors (Lipinski definition) is 2. The molecule has 3 aromatic carbocycles. The first kappa shape index (κ1) is 23.0. The van der Waals surface area contributed by atoms with Crippen molar-refractivity contribution in [3.8, 4) is 0 Å². The molecule has 0 aromatic heterocycles. The first-order valence-corrected chi connectivity index (χ1v) is 12.0. The van der Waals surface area contributed by atoms with Crippen LogP contribution in [0.25, 0.3) is 0 Å². The fourth-order valence-electron chi connectivity index (χ4n) is 5.01. The Hall–Kier alpha value is -3.17. The lowest BCUT2D eigenvalue weighted by atomic mass is 9.71. The quantitative estimate of drug-likeness (QED) is 0.264. The first-order chi connectivity index (χ1) is 16.3. The minimum Gasteiger partial charge on any atom is -0.396 e. The molecule has 0 amide bonds. The van der Waals surface area contributed by atoms with Crippen LogP contribution >= 0.6 is 0 Å². The molecule has 3 atom stereocenters. The van der Waals surface area contributed by atoms with Gasteiger partial charge >= 0.3 is 0 Å². The van der Waals surface area contributed by atoms with Crippen LogP contribution in [0.1, 0.15) is 60.9 Å². The normalized spacial score (nSPS) is 19.4. The maximum atomic E-state index is 9.49. The Bertz CT molecular complexity index is 1030. The topological polar surface area (TPSA) is 44.6 Å². The summed E-state index contributed by atoms with van der Waals surface area (Å²) in [6, 6.07) is 32.0. The van der Waals surface area contributed by atoms with Crippen molar-refractivity contribution in [3.05, 3.63) is 120 Å². The highest BCUT2D eigenvalue weighted by atomic mass is 16.2. The summed E-state index contributed by atoms with van der Waals surface area (Å²) in [5.74, 6) is 1.05. The molecule has 2 N–H and O–H groups in total. The molecule has 3 nitrogen and oxygen atoms in total. The molecule has 170 valence electrons. The van der Waals surface area contributed by atoms with E-state index in [4.69, 9.17) is 4.99 Å². The van der Waals surface area contributed by atoms with E-state index in [0.717, 1.165) is 37.9 Å². The van der Waals surface area contributed by atoms with Gasteiger partial charge in [-0.1, -0.05) is 97.1 Å². The van der Waals surface area contributed by atoms with Gasteiger partial charge in [-0.3, -0.25) is 4.99 Å². The zero-order valence-electron chi connectivity index (χ0n) is 19.2. The van der Waals surface area contributed by atoms with Crippen LogP contribution in [0.5, 0.6) is 0 Å². The van der Waals surface area contributed by atoms with Crippen molar-refractivity contribution in [2.45, 2.75) is 49.6 Å². The lowest BCUT2D eigenvalue weighted by molar-refractivity contribution is 0.277. The van der Waals surface area contributed by atoms with E-state index in [9.17, 15) is 5.11 Å². The largest absolute Gasteiger partial charge is 0.396 e. The van der Waals surface area contributed by atoms with Crippen molar-refractivity contribution in [2.75, 3.05) is 6.61 Å². The molecule has 0 aliphatic carbocycles. The fraction of sp³-hybridized carbons (Fsp3) is 0.300. The van der Waals surface area contributed by atoms with Gasteiger partial charge in [0.1, 0.15) is 11.9 Å². The second-order valence-electron chi connectivity index (χ2n) is 8.82. The summed E-state index contributed by atoms with van der Waals surface area (Å²) < 4.78 is 0. The van der Waals surface area contributed by atoms with Crippen LogP contribution < -0.4 is 5.32 Å². The molecular weight excluding hydrogens is 404 g/mol. The van der Waals surface area contributed by atoms with E-state index in [0.29, 0.717) is 0 Å². The van der Waals surface area contributed by atoms with E-state index in [1.54, 1.807) is 0 Å². The van der Waals surface area contributed by atoms with Crippen LogP contribution in [-0.4, -0.2) is 17.5 Å². The second kappa shape index (κ2) is 11.1. The van der Waals surface area contributed by atoms with Gasteiger partial charge < -0.3 is 10.4 Å². The van der Waals surface area contributed by atoms with Crippen LogP contribution in [0, 0.1) is 0 Å². The molecule has 3 aromatic rings. The predicted octanol–water partition coefficient (Wildman–Crippen LogP) is 6.54. The number of amidine groups is 1. The van der Waals surface area contributed by atoms with Gasteiger partial charge in [-0.2, -0.15) is 0 Å². The predicted molar refractivity (Wildman–Crippen MR) is 137 cm³/mol. The molecule has 1 aliphatic rings. The molecule has 0 fully saturated rings. The van der Waals surface area contributed by atoms with Crippen LogP contribution in [0.15, 0.2) is 109 Å². The van der Waals surface area contributed by atoms with Gasteiger partial charge in [0.25, 0.3) is 0 Å². The molecule has 0 saturated carbocycles. The van der Waals surface area contributed by atoms with Crippen molar-refractivity contribution >= 4 is 5.84 Å². The van der Waals surface area contributed by atoms with Crippen molar-refractivity contribution < 1.29 is 5.11 Å². The minimum atomic E-state index is -0.249. The summed E-state index contributed by atoms with van der Waals surface area (Å²) in [7, 11) is 0. The van der Waals surface area contributed by atoms with E-state index < -0.39 is 0 Å². The Balaban J connectivity index is 1.81. The van der Waals surface area contributed by atoms with Crippen LogP contribution in [-0.2, 0) is 5.41 Å². The van der Waals surface area contributed by atoms with Crippen LogP contribution in [0.2, 0.25) is 0 Å². The molecule has 1 aliphatic heterocycles. The average molecular weight is 439 g/mol. The zero-order valence-corrected chi connectivity index (χ0v) is 19.2. The van der Waals surface area contributed by atoms with Crippen molar-refractivity contribution in [2.24, 2.45) is 4.99 Å². The number of hydrogen-bond acceptors (Lipinski definition) is 3.